The Morgan fingerprint density at radius 1 is 1.44 bits per heavy atom. The molecule has 0 bridgehead atoms. The number of benzene rings is 1. The summed E-state index contributed by atoms with van der Waals surface area (Å²) in [6.07, 6.45) is 3.58. The highest BCUT2D eigenvalue weighted by molar-refractivity contribution is 5.51. The topological polar surface area (TPSA) is 44.1 Å². The molecule has 0 amide bonds. The van der Waals surface area contributed by atoms with Crippen molar-refractivity contribution in [1.29, 1.82) is 0 Å². The van der Waals surface area contributed by atoms with Crippen molar-refractivity contribution in [3.8, 4) is 11.4 Å². The quantitative estimate of drug-likeness (QED) is 0.735. The molecule has 1 heterocycles. The zero-order chi connectivity index (χ0) is 11.4. The lowest BCUT2D eigenvalue weighted by Gasteiger charge is -2.01. The average molecular weight is 220 g/mol. The minimum atomic E-state index is -0.368. The minimum absolute atomic E-state index is 0.0387. The number of carbonyl (C=O) groups excluding carboxylic acids is 1. The van der Waals surface area contributed by atoms with E-state index in [-0.39, 0.29) is 12.4 Å². The zero-order valence-corrected chi connectivity index (χ0v) is 8.34. The fraction of sp³-hybridized carbons (Fsp3) is 0.0909. The van der Waals surface area contributed by atoms with Crippen LogP contribution < -0.4 is 4.74 Å². The highest BCUT2D eigenvalue weighted by Gasteiger charge is 2.05. The Morgan fingerprint density at radius 2 is 2.25 bits per heavy atom. The minimum Gasteiger partial charge on any atom is -0.483 e. The first-order valence-corrected chi connectivity index (χ1v) is 4.67. The summed E-state index contributed by atoms with van der Waals surface area (Å²) in [6.45, 7) is -0.0387. The molecule has 4 nitrogen and oxygen atoms in total. The molecule has 2 aromatic rings. The maximum absolute atomic E-state index is 13.4. The molecule has 2 rings (SSSR count). The summed E-state index contributed by atoms with van der Waals surface area (Å²) in [6, 6.07) is 6.27. The lowest BCUT2D eigenvalue weighted by atomic mass is 10.3. The van der Waals surface area contributed by atoms with Gasteiger partial charge in [-0.2, -0.15) is 5.10 Å². The third-order valence-corrected chi connectivity index (χ3v) is 1.98. The summed E-state index contributed by atoms with van der Waals surface area (Å²) < 4.78 is 19.8. The van der Waals surface area contributed by atoms with Crippen molar-refractivity contribution in [3.63, 3.8) is 0 Å². The predicted octanol–water partition coefficient (Wildman–Crippen LogP) is 1.59. The van der Waals surface area contributed by atoms with Gasteiger partial charge in [0.15, 0.2) is 12.0 Å². The number of nitrogens with zero attached hydrogens (tertiary/aromatic N) is 2. The van der Waals surface area contributed by atoms with Gasteiger partial charge in [0.2, 0.25) is 0 Å². The van der Waals surface area contributed by atoms with Crippen molar-refractivity contribution in [2.75, 3.05) is 6.61 Å². The third kappa shape index (κ3) is 2.08. The molecule has 0 aliphatic carbocycles. The van der Waals surface area contributed by atoms with E-state index in [1.165, 1.54) is 23.1 Å². The molecule has 0 aliphatic heterocycles. The first-order chi connectivity index (χ1) is 7.81. The van der Waals surface area contributed by atoms with Gasteiger partial charge in [0.25, 0.3) is 0 Å². The summed E-state index contributed by atoms with van der Waals surface area (Å²) in [5, 5.41) is 3.94. The highest BCUT2D eigenvalue weighted by Crippen LogP contribution is 2.15. The largest absolute Gasteiger partial charge is 0.483 e. The van der Waals surface area contributed by atoms with Crippen LogP contribution in [-0.2, 0) is 4.79 Å². The van der Waals surface area contributed by atoms with Crippen molar-refractivity contribution in [3.05, 3.63) is 42.5 Å². The number of rotatable bonds is 4. The maximum atomic E-state index is 13.4. The summed E-state index contributed by atoms with van der Waals surface area (Å²) in [4.78, 5) is 10.1. The smallest absolute Gasteiger partial charge is 0.158 e. The van der Waals surface area contributed by atoms with Crippen LogP contribution in [0.15, 0.2) is 36.7 Å². The normalized spacial score (nSPS) is 10.1. The molecule has 5 heteroatoms. The second-order valence-electron chi connectivity index (χ2n) is 3.05. The van der Waals surface area contributed by atoms with Gasteiger partial charge in [0, 0.05) is 0 Å². The lowest BCUT2D eigenvalue weighted by molar-refractivity contribution is -0.109. The lowest BCUT2D eigenvalue weighted by Crippen LogP contribution is -1.98. The molecule has 1 aromatic carbocycles. The van der Waals surface area contributed by atoms with Crippen molar-refractivity contribution in [2.45, 2.75) is 0 Å². The van der Waals surface area contributed by atoms with Crippen LogP contribution in [0.4, 0.5) is 4.39 Å². The number of carbonyl (C=O) groups is 1. The predicted molar refractivity (Wildman–Crippen MR) is 55.1 cm³/mol. The van der Waals surface area contributed by atoms with Crippen molar-refractivity contribution in [1.82, 2.24) is 9.78 Å². The number of halogens is 1. The first-order valence-electron chi connectivity index (χ1n) is 4.67. The highest BCUT2D eigenvalue weighted by atomic mass is 19.1. The molecule has 0 N–H and O–H groups in total. The fourth-order valence-corrected chi connectivity index (χ4v) is 1.28. The van der Waals surface area contributed by atoms with Gasteiger partial charge in [-0.05, 0) is 12.1 Å². The molecule has 0 saturated carbocycles. The number of aromatic nitrogens is 2. The summed E-state index contributed by atoms with van der Waals surface area (Å²) in [5.41, 5.74) is 0.337. The Morgan fingerprint density at radius 3 is 3.00 bits per heavy atom. The van der Waals surface area contributed by atoms with E-state index in [9.17, 15) is 9.18 Å². The summed E-state index contributed by atoms with van der Waals surface area (Å²) in [5.74, 6) is 0.0582. The molecule has 0 aliphatic rings. The molecule has 0 atom stereocenters. The van der Waals surface area contributed by atoms with Gasteiger partial charge in [-0.25, -0.2) is 9.07 Å². The van der Waals surface area contributed by atoms with Crippen molar-refractivity contribution in [2.24, 2.45) is 0 Å². The van der Waals surface area contributed by atoms with E-state index in [0.717, 1.165) is 0 Å². The van der Waals surface area contributed by atoms with E-state index < -0.39 is 0 Å². The van der Waals surface area contributed by atoms with Crippen LogP contribution in [0.2, 0.25) is 0 Å². The van der Waals surface area contributed by atoms with Crippen LogP contribution in [0.1, 0.15) is 0 Å². The van der Waals surface area contributed by atoms with Crippen LogP contribution >= 0.6 is 0 Å². The number of aldehydes is 1. The van der Waals surface area contributed by atoms with E-state index in [4.69, 9.17) is 4.74 Å². The Labute approximate surface area is 91.3 Å². The molecule has 16 heavy (non-hydrogen) atoms. The van der Waals surface area contributed by atoms with Gasteiger partial charge in [0.05, 0.1) is 12.4 Å². The first kappa shape index (κ1) is 10.4. The molecule has 0 spiro atoms. The maximum Gasteiger partial charge on any atom is 0.158 e. The Bertz CT molecular complexity index is 496. The molecule has 0 radical (unpaired) electrons. The average Bonchev–Trinajstić information content (AvgIpc) is 2.75. The van der Waals surface area contributed by atoms with E-state index >= 15 is 0 Å². The van der Waals surface area contributed by atoms with E-state index in [1.54, 1.807) is 18.2 Å². The van der Waals surface area contributed by atoms with Crippen LogP contribution in [0.5, 0.6) is 5.75 Å². The summed E-state index contributed by atoms with van der Waals surface area (Å²) in [7, 11) is 0. The van der Waals surface area contributed by atoms with Crippen LogP contribution in [-0.4, -0.2) is 22.7 Å². The van der Waals surface area contributed by atoms with Gasteiger partial charge in [0.1, 0.15) is 18.1 Å². The molecule has 0 unspecified atom stereocenters. The molecule has 1 aromatic heterocycles. The molecule has 0 saturated heterocycles. The van der Waals surface area contributed by atoms with Gasteiger partial charge in [-0.1, -0.05) is 12.1 Å². The Balaban J connectivity index is 2.25. The van der Waals surface area contributed by atoms with E-state index in [0.29, 0.717) is 17.7 Å². The Hall–Kier alpha value is -2.17. The number of hydrogen-bond donors (Lipinski definition) is 0. The van der Waals surface area contributed by atoms with Gasteiger partial charge in [-0.15, -0.1) is 0 Å². The molecule has 82 valence electrons. The number of hydrogen-bond acceptors (Lipinski definition) is 3. The van der Waals surface area contributed by atoms with Gasteiger partial charge >= 0.3 is 0 Å². The number of ether oxygens (including phenoxy) is 1. The fourth-order valence-electron chi connectivity index (χ4n) is 1.28. The standard InChI is InChI=1S/C11H9FN2O2/c12-10-3-1-2-4-11(10)14-8-9(7-13-14)16-6-5-15/h1-5,7-8H,6H2. The Kier molecular flexibility index (Phi) is 2.95. The van der Waals surface area contributed by atoms with Crippen LogP contribution in [0.25, 0.3) is 5.69 Å². The summed E-state index contributed by atoms with van der Waals surface area (Å²) >= 11 is 0. The molecular weight excluding hydrogens is 211 g/mol. The monoisotopic (exact) mass is 220 g/mol. The molecule has 0 fully saturated rings. The van der Waals surface area contributed by atoms with Crippen molar-refractivity contribution >= 4 is 6.29 Å². The second kappa shape index (κ2) is 4.57. The van der Waals surface area contributed by atoms with Gasteiger partial charge < -0.3 is 4.74 Å². The third-order valence-electron chi connectivity index (χ3n) is 1.98. The van der Waals surface area contributed by atoms with Crippen LogP contribution in [0, 0.1) is 5.82 Å². The van der Waals surface area contributed by atoms with E-state index in [1.807, 2.05) is 0 Å². The number of para-hydroxylation sites is 1. The zero-order valence-electron chi connectivity index (χ0n) is 8.34. The second-order valence-corrected chi connectivity index (χ2v) is 3.05. The van der Waals surface area contributed by atoms with E-state index in [2.05, 4.69) is 5.10 Å². The van der Waals surface area contributed by atoms with Crippen molar-refractivity contribution < 1.29 is 13.9 Å². The van der Waals surface area contributed by atoms with Gasteiger partial charge in [-0.3, -0.25) is 4.79 Å². The molecular formula is C11H9FN2O2. The van der Waals surface area contributed by atoms with Crippen LogP contribution in [0.3, 0.4) is 0 Å². The SMILES string of the molecule is O=CCOc1cnn(-c2ccccc2F)c1.